The van der Waals surface area contributed by atoms with Crippen LogP contribution in [0.5, 0.6) is 0 Å². The monoisotopic (exact) mass is 308 g/mol. The van der Waals surface area contributed by atoms with Gasteiger partial charge in [0.1, 0.15) is 0 Å². The number of amides is 1. The van der Waals surface area contributed by atoms with E-state index in [1.165, 1.54) is 0 Å². The van der Waals surface area contributed by atoms with Crippen LogP contribution in [0.2, 0.25) is 0 Å². The van der Waals surface area contributed by atoms with Gasteiger partial charge in [-0.25, -0.2) is 0 Å². The van der Waals surface area contributed by atoms with Gasteiger partial charge in [-0.05, 0) is 38.3 Å². The van der Waals surface area contributed by atoms with Gasteiger partial charge in [0, 0.05) is 19.5 Å². The van der Waals surface area contributed by atoms with Gasteiger partial charge >= 0.3 is 12.1 Å². The van der Waals surface area contributed by atoms with Crippen LogP contribution in [0.3, 0.4) is 0 Å². The Labute approximate surface area is 120 Å². The van der Waals surface area contributed by atoms with Crippen molar-refractivity contribution in [1.82, 2.24) is 10.2 Å². The number of likely N-dealkylation sites (tertiary alicyclic amines) is 1. The lowest BCUT2D eigenvalue weighted by molar-refractivity contribution is -0.227. The molecule has 1 atom stereocenters. The highest BCUT2D eigenvalue weighted by Gasteiger charge is 2.64. The Morgan fingerprint density at radius 2 is 1.90 bits per heavy atom. The number of nitrogens with one attached hydrogen (secondary N) is 1. The third kappa shape index (κ3) is 3.14. The fourth-order valence-corrected chi connectivity index (χ4v) is 3.01. The minimum Gasteiger partial charge on any atom is -0.481 e. The summed E-state index contributed by atoms with van der Waals surface area (Å²) in [6, 6.07) is 0. The Hall–Kier alpha value is -1.31. The molecular formula is C13H19F3N2O3. The molecule has 2 rings (SSSR count). The minimum atomic E-state index is -4.84. The Kier molecular flexibility index (Phi) is 4.46. The van der Waals surface area contributed by atoms with Crippen LogP contribution in [0.4, 0.5) is 13.2 Å². The zero-order chi connectivity index (χ0) is 15.7. The molecule has 1 unspecified atom stereocenters. The molecule has 2 N–H and O–H groups in total. The molecule has 0 saturated carbocycles. The zero-order valence-electron chi connectivity index (χ0n) is 11.6. The van der Waals surface area contributed by atoms with Gasteiger partial charge in [0.15, 0.2) is 5.41 Å². The van der Waals surface area contributed by atoms with Gasteiger partial charge in [0.2, 0.25) is 5.91 Å². The molecule has 0 aromatic heterocycles. The molecule has 1 amide bonds. The molecule has 0 radical (unpaired) electrons. The third-order valence-corrected chi connectivity index (χ3v) is 4.50. The smallest absolute Gasteiger partial charge is 0.406 e. The van der Waals surface area contributed by atoms with Gasteiger partial charge in [-0.15, -0.1) is 0 Å². The van der Waals surface area contributed by atoms with Crippen LogP contribution in [0.15, 0.2) is 0 Å². The molecule has 21 heavy (non-hydrogen) atoms. The number of carboxylic acid groups (broad SMARTS) is 1. The summed E-state index contributed by atoms with van der Waals surface area (Å²) in [4.78, 5) is 24.2. The molecule has 0 aliphatic carbocycles. The number of hydrogen-bond donors (Lipinski definition) is 2. The third-order valence-electron chi connectivity index (χ3n) is 4.50. The van der Waals surface area contributed by atoms with E-state index in [0.717, 1.165) is 30.8 Å². The lowest BCUT2D eigenvalue weighted by atomic mass is 9.86. The summed E-state index contributed by atoms with van der Waals surface area (Å²) in [6.07, 6.45) is -3.56. The number of carbonyl (C=O) groups is 2. The van der Waals surface area contributed by atoms with E-state index in [2.05, 4.69) is 5.32 Å². The van der Waals surface area contributed by atoms with Gasteiger partial charge in [-0.1, -0.05) is 0 Å². The Bertz CT molecular complexity index is 421. The average molecular weight is 308 g/mol. The minimum absolute atomic E-state index is 0.143. The van der Waals surface area contributed by atoms with E-state index in [1.807, 2.05) is 0 Å². The topological polar surface area (TPSA) is 69.6 Å². The maximum Gasteiger partial charge on any atom is 0.406 e. The number of carboxylic acids is 1. The Morgan fingerprint density at radius 1 is 1.29 bits per heavy atom. The summed E-state index contributed by atoms with van der Waals surface area (Å²) in [5.74, 6) is -2.09. The van der Waals surface area contributed by atoms with Crippen LogP contribution in [0.1, 0.15) is 25.7 Å². The molecule has 120 valence electrons. The van der Waals surface area contributed by atoms with Gasteiger partial charge in [-0.3, -0.25) is 9.59 Å². The predicted octanol–water partition coefficient (Wildman–Crippen LogP) is 1.24. The molecule has 5 nitrogen and oxygen atoms in total. The Morgan fingerprint density at radius 3 is 2.38 bits per heavy atom. The molecule has 2 aliphatic rings. The molecule has 0 aromatic carbocycles. The number of piperidine rings is 1. The first kappa shape index (κ1) is 16.1. The van der Waals surface area contributed by atoms with E-state index in [9.17, 15) is 22.8 Å². The van der Waals surface area contributed by atoms with E-state index in [0.29, 0.717) is 0 Å². The lowest BCUT2D eigenvalue weighted by Crippen LogP contribution is -2.48. The normalized spacial score (nSPS) is 27.9. The highest BCUT2D eigenvalue weighted by atomic mass is 19.4. The van der Waals surface area contributed by atoms with Crippen molar-refractivity contribution < 1.29 is 27.9 Å². The van der Waals surface area contributed by atoms with E-state index < -0.39 is 30.5 Å². The quantitative estimate of drug-likeness (QED) is 0.823. The number of rotatable bonds is 3. The van der Waals surface area contributed by atoms with E-state index in [1.54, 1.807) is 0 Å². The molecule has 0 spiro atoms. The first-order valence-corrected chi connectivity index (χ1v) is 7.05. The predicted molar refractivity (Wildman–Crippen MR) is 67.5 cm³/mol. The molecule has 2 heterocycles. The van der Waals surface area contributed by atoms with Crippen LogP contribution in [0.25, 0.3) is 0 Å². The number of aliphatic carboxylic acids is 1. The summed E-state index contributed by atoms with van der Waals surface area (Å²) < 4.78 is 39.1. The molecule has 0 aromatic rings. The van der Waals surface area contributed by atoms with Crippen molar-refractivity contribution in [2.24, 2.45) is 11.3 Å². The highest BCUT2D eigenvalue weighted by molar-refractivity contribution is 5.81. The standard InChI is InChI=1S/C13H19F3N2O3/c14-13(15,16)12(11(20)21)3-6-18(8-12)10(19)7-9-1-4-17-5-2-9/h9,17H,1-8H2,(H,20,21). The van der Waals surface area contributed by atoms with E-state index in [-0.39, 0.29) is 24.8 Å². The largest absolute Gasteiger partial charge is 0.481 e. The number of hydrogen-bond acceptors (Lipinski definition) is 3. The molecule has 2 saturated heterocycles. The summed E-state index contributed by atoms with van der Waals surface area (Å²) in [7, 11) is 0. The van der Waals surface area contributed by atoms with Crippen LogP contribution in [0, 0.1) is 11.3 Å². The van der Waals surface area contributed by atoms with Crippen molar-refractivity contribution in [2.75, 3.05) is 26.2 Å². The maximum atomic E-state index is 13.0. The molecule has 0 bridgehead atoms. The second-order valence-corrected chi connectivity index (χ2v) is 5.85. The highest BCUT2D eigenvalue weighted by Crippen LogP contribution is 2.45. The van der Waals surface area contributed by atoms with E-state index >= 15 is 0 Å². The van der Waals surface area contributed by atoms with Crippen molar-refractivity contribution in [3.63, 3.8) is 0 Å². The van der Waals surface area contributed by atoms with Gasteiger partial charge in [-0.2, -0.15) is 13.2 Å². The first-order chi connectivity index (χ1) is 9.76. The van der Waals surface area contributed by atoms with Crippen molar-refractivity contribution in [2.45, 2.75) is 31.9 Å². The first-order valence-electron chi connectivity index (χ1n) is 7.05. The number of nitrogens with zero attached hydrogens (tertiary/aromatic N) is 1. The van der Waals surface area contributed by atoms with Crippen molar-refractivity contribution in [3.8, 4) is 0 Å². The van der Waals surface area contributed by atoms with Gasteiger partial charge < -0.3 is 15.3 Å². The summed E-state index contributed by atoms with van der Waals surface area (Å²) in [6.45, 7) is 0.699. The van der Waals surface area contributed by atoms with E-state index in [4.69, 9.17) is 5.11 Å². The van der Waals surface area contributed by atoms with Crippen LogP contribution in [-0.4, -0.2) is 54.2 Å². The molecule has 8 heteroatoms. The van der Waals surface area contributed by atoms with Crippen LogP contribution < -0.4 is 5.32 Å². The van der Waals surface area contributed by atoms with Gasteiger partial charge in [0.05, 0.1) is 0 Å². The second-order valence-electron chi connectivity index (χ2n) is 5.85. The van der Waals surface area contributed by atoms with Gasteiger partial charge in [0.25, 0.3) is 0 Å². The van der Waals surface area contributed by atoms with Crippen molar-refractivity contribution in [1.29, 1.82) is 0 Å². The lowest BCUT2D eigenvalue weighted by Gasteiger charge is -2.28. The van der Waals surface area contributed by atoms with Crippen molar-refractivity contribution in [3.05, 3.63) is 0 Å². The van der Waals surface area contributed by atoms with Crippen LogP contribution in [-0.2, 0) is 9.59 Å². The number of carbonyl (C=O) groups excluding carboxylic acids is 1. The fraction of sp³-hybridized carbons (Fsp3) is 0.846. The Balaban J connectivity index is 2.00. The summed E-state index contributed by atoms with van der Waals surface area (Å²) >= 11 is 0. The molecular weight excluding hydrogens is 289 g/mol. The maximum absolute atomic E-state index is 13.0. The average Bonchev–Trinajstić information content (AvgIpc) is 2.86. The second kappa shape index (κ2) is 5.82. The summed E-state index contributed by atoms with van der Waals surface area (Å²) in [5, 5.41) is 12.1. The van der Waals surface area contributed by atoms with Crippen LogP contribution >= 0.6 is 0 Å². The fourth-order valence-electron chi connectivity index (χ4n) is 3.01. The number of halogens is 3. The summed E-state index contributed by atoms with van der Waals surface area (Å²) in [5.41, 5.74) is -2.81. The SMILES string of the molecule is O=C(CC1CCNCC1)N1CCC(C(=O)O)(C(F)(F)F)C1. The van der Waals surface area contributed by atoms with Crippen molar-refractivity contribution >= 4 is 11.9 Å². The zero-order valence-corrected chi connectivity index (χ0v) is 11.6. The molecule has 2 aliphatic heterocycles. The number of alkyl halides is 3. The molecule has 2 fully saturated rings.